The minimum absolute atomic E-state index is 1.09. The van der Waals surface area contributed by atoms with Crippen LogP contribution in [-0.4, -0.2) is 4.57 Å². The third-order valence-electron chi connectivity index (χ3n) is 11.6. The standard InChI is InChI=1S/C56H38N2/c1-2-16-39(17-3-1)46-20-8-12-26-53(46)57(44-36-32-41(33-37-44)52-38-42-18-4-5-19-45(42)48-22-6-7-23-49(48)52)43-34-30-40(31-35-43)47-21-9-13-27-54(47)58-55-28-14-10-24-50(55)51-25-11-15-29-56(51)58/h1-38H. The van der Waals surface area contributed by atoms with Crippen molar-refractivity contribution in [1.82, 2.24) is 4.57 Å². The lowest BCUT2D eigenvalue weighted by Gasteiger charge is -2.28. The van der Waals surface area contributed by atoms with E-state index in [1.165, 1.54) is 71.2 Å². The molecule has 0 fully saturated rings. The van der Waals surface area contributed by atoms with Crippen molar-refractivity contribution in [2.45, 2.75) is 0 Å². The van der Waals surface area contributed by atoms with Gasteiger partial charge in [-0.2, -0.15) is 0 Å². The first-order valence-corrected chi connectivity index (χ1v) is 19.9. The van der Waals surface area contributed by atoms with E-state index in [1.807, 2.05) is 0 Å². The molecule has 1 aromatic heterocycles. The average Bonchev–Trinajstić information content (AvgIpc) is 3.64. The van der Waals surface area contributed by atoms with Gasteiger partial charge < -0.3 is 9.47 Å². The summed E-state index contributed by atoms with van der Waals surface area (Å²) in [5.41, 5.74) is 14.0. The van der Waals surface area contributed by atoms with Crippen molar-refractivity contribution in [3.8, 4) is 39.1 Å². The topological polar surface area (TPSA) is 8.17 Å². The van der Waals surface area contributed by atoms with Crippen molar-refractivity contribution in [1.29, 1.82) is 0 Å². The summed E-state index contributed by atoms with van der Waals surface area (Å²) in [4.78, 5) is 2.40. The second-order valence-corrected chi connectivity index (χ2v) is 14.9. The molecule has 0 aliphatic rings. The van der Waals surface area contributed by atoms with Crippen LogP contribution in [0.1, 0.15) is 0 Å². The van der Waals surface area contributed by atoms with Gasteiger partial charge in [-0.25, -0.2) is 0 Å². The number of hydrogen-bond acceptors (Lipinski definition) is 1. The van der Waals surface area contributed by atoms with Gasteiger partial charge in [0.1, 0.15) is 0 Å². The Morgan fingerprint density at radius 2 is 0.759 bits per heavy atom. The molecule has 0 spiro atoms. The van der Waals surface area contributed by atoms with Gasteiger partial charge >= 0.3 is 0 Å². The summed E-state index contributed by atoms with van der Waals surface area (Å²) in [5.74, 6) is 0. The van der Waals surface area contributed by atoms with Crippen LogP contribution in [0.5, 0.6) is 0 Å². The van der Waals surface area contributed by atoms with Crippen molar-refractivity contribution in [2.24, 2.45) is 0 Å². The molecule has 2 heteroatoms. The molecule has 0 bridgehead atoms. The number of benzene rings is 10. The quantitative estimate of drug-likeness (QED) is 0.148. The van der Waals surface area contributed by atoms with E-state index in [-0.39, 0.29) is 0 Å². The maximum Gasteiger partial charge on any atom is 0.0541 e. The van der Waals surface area contributed by atoms with E-state index >= 15 is 0 Å². The van der Waals surface area contributed by atoms with Gasteiger partial charge in [-0.15, -0.1) is 0 Å². The number of para-hydroxylation sites is 4. The molecule has 1 heterocycles. The van der Waals surface area contributed by atoms with Gasteiger partial charge in [0.2, 0.25) is 0 Å². The fraction of sp³-hybridized carbons (Fsp3) is 0. The number of aromatic nitrogens is 1. The van der Waals surface area contributed by atoms with Crippen LogP contribution < -0.4 is 4.90 Å². The highest BCUT2D eigenvalue weighted by atomic mass is 15.1. The first-order chi connectivity index (χ1) is 28.8. The average molecular weight is 739 g/mol. The molecule has 0 radical (unpaired) electrons. The van der Waals surface area contributed by atoms with E-state index in [0.717, 1.165) is 28.3 Å². The van der Waals surface area contributed by atoms with E-state index in [2.05, 4.69) is 240 Å². The highest BCUT2D eigenvalue weighted by Gasteiger charge is 2.19. The Balaban J connectivity index is 1.04. The first-order valence-electron chi connectivity index (χ1n) is 19.9. The normalized spacial score (nSPS) is 11.4. The lowest BCUT2D eigenvalue weighted by Crippen LogP contribution is -2.11. The molecule has 10 aromatic carbocycles. The van der Waals surface area contributed by atoms with Crippen molar-refractivity contribution in [3.05, 3.63) is 231 Å². The minimum atomic E-state index is 1.09. The Morgan fingerprint density at radius 1 is 0.293 bits per heavy atom. The van der Waals surface area contributed by atoms with Crippen LogP contribution in [-0.2, 0) is 0 Å². The Hall–Kier alpha value is -7.68. The predicted octanol–water partition coefficient (Wildman–Crippen LogP) is 15.6. The smallest absolute Gasteiger partial charge is 0.0541 e. The third-order valence-corrected chi connectivity index (χ3v) is 11.6. The Labute approximate surface area is 338 Å². The number of fused-ring (bicyclic) bond motifs is 6. The number of anilines is 3. The summed E-state index contributed by atoms with van der Waals surface area (Å²) in [7, 11) is 0. The van der Waals surface area contributed by atoms with Crippen LogP contribution in [0.3, 0.4) is 0 Å². The zero-order valence-electron chi connectivity index (χ0n) is 31.8. The van der Waals surface area contributed by atoms with Gasteiger partial charge in [0.05, 0.1) is 22.4 Å². The molecule has 0 aliphatic heterocycles. The molecule has 58 heavy (non-hydrogen) atoms. The van der Waals surface area contributed by atoms with E-state index in [4.69, 9.17) is 0 Å². The van der Waals surface area contributed by atoms with Crippen molar-refractivity contribution >= 4 is 60.4 Å². The Kier molecular flexibility index (Phi) is 8.19. The predicted molar refractivity (Wildman–Crippen MR) is 247 cm³/mol. The molecule has 0 amide bonds. The van der Waals surface area contributed by atoms with Crippen molar-refractivity contribution in [3.63, 3.8) is 0 Å². The van der Waals surface area contributed by atoms with Gasteiger partial charge in [0.15, 0.2) is 0 Å². The van der Waals surface area contributed by atoms with E-state index < -0.39 is 0 Å². The number of rotatable bonds is 7. The molecule has 11 rings (SSSR count). The fourth-order valence-corrected chi connectivity index (χ4v) is 8.93. The molecule has 2 nitrogen and oxygen atoms in total. The number of nitrogens with zero attached hydrogens (tertiary/aromatic N) is 2. The zero-order valence-corrected chi connectivity index (χ0v) is 31.8. The third kappa shape index (κ3) is 5.66. The second kappa shape index (κ2) is 14.1. The molecule has 0 aliphatic carbocycles. The Bertz CT molecular complexity index is 3210. The van der Waals surface area contributed by atoms with Crippen LogP contribution >= 0.6 is 0 Å². The van der Waals surface area contributed by atoms with Gasteiger partial charge in [0, 0.05) is 33.3 Å². The first kappa shape index (κ1) is 33.6. The highest BCUT2D eigenvalue weighted by Crippen LogP contribution is 2.43. The molecule has 0 N–H and O–H groups in total. The molecule has 0 unspecified atom stereocenters. The van der Waals surface area contributed by atoms with E-state index in [9.17, 15) is 0 Å². The zero-order chi connectivity index (χ0) is 38.4. The van der Waals surface area contributed by atoms with Gasteiger partial charge in [0.25, 0.3) is 0 Å². The van der Waals surface area contributed by atoms with Gasteiger partial charge in [-0.1, -0.05) is 176 Å². The van der Waals surface area contributed by atoms with Crippen LogP contribution in [0.15, 0.2) is 231 Å². The van der Waals surface area contributed by atoms with Crippen LogP contribution in [0.4, 0.5) is 17.1 Å². The van der Waals surface area contributed by atoms with E-state index in [1.54, 1.807) is 0 Å². The molecule has 272 valence electrons. The Morgan fingerprint density at radius 3 is 1.43 bits per heavy atom. The second-order valence-electron chi connectivity index (χ2n) is 14.9. The molecular formula is C56H38N2. The SMILES string of the molecule is c1ccc(-c2ccccc2N(c2ccc(-c3ccccc3-n3c4ccccc4c4ccccc43)cc2)c2ccc(-c3cc4ccccc4c4ccccc34)cc2)cc1. The molecule has 0 atom stereocenters. The highest BCUT2D eigenvalue weighted by molar-refractivity contribution is 6.14. The van der Waals surface area contributed by atoms with E-state index in [0.29, 0.717) is 0 Å². The van der Waals surface area contributed by atoms with Crippen molar-refractivity contribution in [2.75, 3.05) is 4.90 Å². The van der Waals surface area contributed by atoms with Crippen LogP contribution in [0, 0.1) is 0 Å². The monoisotopic (exact) mass is 738 g/mol. The molecular weight excluding hydrogens is 701 g/mol. The minimum Gasteiger partial charge on any atom is -0.310 e. The number of hydrogen-bond donors (Lipinski definition) is 0. The summed E-state index contributed by atoms with van der Waals surface area (Å²) in [6, 6.07) is 83.6. The summed E-state index contributed by atoms with van der Waals surface area (Å²) < 4.78 is 2.41. The maximum absolute atomic E-state index is 2.41. The fourth-order valence-electron chi connectivity index (χ4n) is 8.93. The largest absolute Gasteiger partial charge is 0.310 e. The molecule has 0 saturated carbocycles. The maximum atomic E-state index is 2.41. The molecule has 0 saturated heterocycles. The van der Waals surface area contributed by atoms with Crippen molar-refractivity contribution < 1.29 is 0 Å². The summed E-state index contributed by atoms with van der Waals surface area (Å²) in [5, 5.41) is 7.59. The van der Waals surface area contributed by atoms with Gasteiger partial charge in [-0.05, 0) is 98.4 Å². The van der Waals surface area contributed by atoms with Gasteiger partial charge in [-0.3, -0.25) is 0 Å². The summed E-state index contributed by atoms with van der Waals surface area (Å²) in [6.45, 7) is 0. The summed E-state index contributed by atoms with van der Waals surface area (Å²) >= 11 is 0. The van der Waals surface area contributed by atoms with Crippen LogP contribution in [0.2, 0.25) is 0 Å². The lowest BCUT2D eigenvalue weighted by molar-refractivity contribution is 1.18. The molecule has 11 aromatic rings. The lowest BCUT2D eigenvalue weighted by atomic mass is 9.93. The van der Waals surface area contributed by atoms with Crippen LogP contribution in [0.25, 0.3) is 82.4 Å². The summed E-state index contributed by atoms with van der Waals surface area (Å²) in [6.07, 6.45) is 0.